The van der Waals surface area contributed by atoms with Crippen molar-refractivity contribution in [2.45, 2.75) is 19.3 Å². The van der Waals surface area contributed by atoms with Crippen molar-refractivity contribution in [3.63, 3.8) is 0 Å². The summed E-state index contributed by atoms with van der Waals surface area (Å²) in [5.74, 6) is 0. The molecule has 0 amide bonds. The van der Waals surface area contributed by atoms with Crippen LogP contribution in [0, 0.1) is 11.3 Å². The van der Waals surface area contributed by atoms with Gasteiger partial charge in [-0.2, -0.15) is 5.26 Å². The second kappa shape index (κ2) is 12.3. The summed E-state index contributed by atoms with van der Waals surface area (Å²) in [4.78, 5) is 5.36. The minimum atomic E-state index is -0.132. The Morgan fingerprint density at radius 2 is 1.11 bits per heavy atom. The van der Waals surface area contributed by atoms with E-state index in [1.807, 2.05) is 30.3 Å². The first-order chi connectivity index (χ1) is 26.5. The summed E-state index contributed by atoms with van der Waals surface area (Å²) in [6.07, 6.45) is 0. The van der Waals surface area contributed by atoms with Gasteiger partial charge in [-0.15, -0.1) is 0 Å². The molecule has 254 valence electrons. The van der Waals surface area contributed by atoms with E-state index in [-0.39, 0.29) is 5.41 Å². The average molecular weight is 690 g/mol. The SMILES string of the molecule is CC1(C)c2ccccc2-c2c1ccc1c3ccccc3n(-c3cc(-c4ccc(C#N)cc4)cc(-c4cc(-c5ccccc5)cc(-c5ccccc5)n4)c3)c21. The lowest BCUT2D eigenvalue weighted by molar-refractivity contribution is 0.661. The van der Waals surface area contributed by atoms with Crippen LogP contribution in [0.3, 0.4) is 0 Å². The van der Waals surface area contributed by atoms with Gasteiger partial charge >= 0.3 is 0 Å². The molecule has 0 radical (unpaired) electrons. The van der Waals surface area contributed by atoms with E-state index in [2.05, 4.69) is 170 Å². The van der Waals surface area contributed by atoms with Crippen LogP contribution < -0.4 is 0 Å². The van der Waals surface area contributed by atoms with E-state index in [9.17, 15) is 5.26 Å². The quantitative estimate of drug-likeness (QED) is 0.180. The molecule has 0 bridgehead atoms. The van der Waals surface area contributed by atoms with Crippen LogP contribution in [0.1, 0.15) is 30.5 Å². The second-order valence-corrected chi connectivity index (χ2v) is 14.7. The van der Waals surface area contributed by atoms with E-state index in [1.165, 1.54) is 38.5 Å². The van der Waals surface area contributed by atoms with Crippen molar-refractivity contribution < 1.29 is 0 Å². The highest BCUT2D eigenvalue weighted by atomic mass is 15.0. The van der Waals surface area contributed by atoms with Gasteiger partial charge in [0.2, 0.25) is 0 Å². The van der Waals surface area contributed by atoms with Crippen LogP contribution in [-0.2, 0) is 5.41 Å². The van der Waals surface area contributed by atoms with Crippen LogP contribution in [0.2, 0.25) is 0 Å². The Hall–Kier alpha value is -7.02. The van der Waals surface area contributed by atoms with Gasteiger partial charge in [-0.05, 0) is 87.5 Å². The molecule has 0 saturated carbocycles. The Morgan fingerprint density at radius 1 is 0.500 bits per heavy atom. The zero-order valence-electron chi connectivity index (χ0n) is 30.1. The van der Waals surface area contributed by atoms with Crippen molar-refractivity contribution in [1.82, 2.24) is 9.55 Å². The Kier molecular flexibility index (Phi) is 7.22. The fourth-order valence-corrected chi connectivity index (χ4v) is 8.54. The maximum atomic E-state index is 9.62. The smallest absolute Gasteiger partial charge is 0.0991 e. The number of benzene rings is 7. The van der Waals surface area contributed by atoms with Crippen molar-refractivity contribution in [3.8, 4) is 67.7 Å². The number of hydrogen-bond donors (Lipinski definition) is 0. The van der Waals surface area contributed by atoms with Gasteiger partial charge in [0.15, 0.2) is 0 Å². The molecule has 1 aliphatic carbocycles. The fraction of sp³-hybridized carbons (Fsp3) is 0.0588. The van der Waals surface area contributed by atoms with E-state index < -0.39 is 0 Å². The molecular formula is C51H35N3. The third-order valence-corrected chi connectivity index (χ3v) is 11.2. The molecule has 7 aromatic carbocycles. The summed E-state index contributed by atoms with van der Waals surface area (Å²) >= 11 is 0. The van der Waals surface area contributed by atoms with Crippen LogP contribution >= 0.6 is 0 Å². The molecule has 3 heteroatoms. The van der Waals surface area contributed by atoms with Gasteiger partial charge in [0.25, 0.3) is 0 Å². The molecule has 0 N–H and O–H groups in total. The van der Waals surface area contributed by atoms with Crippen LogP contribution in [-0.4, -0.2) is 9.55 Å². The molecule has 0 unspecified atom stereocenters. The number of pyridine rings is 1. The van der Waals surface area contributed by atoms with Crippen molar-refractivity contribution in [2.75, 3.05) is 0 Å². The van der Waals surface area contributed by atoms with Crippen molar-refractivity contribution in [2.24, 2.45) is 0 Å². The first kappa shape index (κ1) is 31.7. The van der Waals surface area contributed by atoms with E-state index in [4.69, 9.17) is 4.98 Å². The molecule has 54 heavy (non-hydrogen) atoms. The molecule has 0 aliphatic heterocycles. The molecular weight excluding hydrogens is 655 g/mol. The lowest BCUT2D eigenvalue weighted by atomic mass is 9.82. The molecule has 2 aromatic heterocycles. The summed E-state index contributed by atoms with van der Waals surface area (Å²) in [7, 11) is 0. The summed E-state index contributed by atoms with van der Waals surface area (Å²) in [6, 6.07) is 64.7. The lowest BCUT2D eigenvalue weighted by Gasteiger charge is -2.21. The first-order valence-electron chi connectivity index (χ1n) is 18.4. The number of aromatic nitrogens is 2. The van der Waals surface area contributed by atoms with Crippen LogP contribution in [0.5, 0.6) is 0 Å². The lowest BCUT2D eigenvalue weighted by Crippen LogP contribution is -2.14. The monoisotopic (exact) mass is 689 g/mol. The van der Waals surface area contributed by atoms with Gasteiger partial charge in [0.1, 0.15) is 0 Å². The van der Waals surface area contributed by atoms with E-state index in [0.29, 0.717) is 5.56 Å². The Bertz CT molecular complexity index is 2890. The highest BCUT2D eigenvalue weighted by molar-refractivity contribution is 6.15. The van der Waals surface area contributed by atoms with Crippen molar-refractivity contribution >= 4 is 21.8 Å². The average Bonchev–Trinajstić information content (AvgIpc) is 3.70. The Labute approximate surface area is 315 Å². The Morgan fingerprint density at radius 3 is 1.87 bits per heavy atom. The minimum Gasteiger partial charge on any atom is -0.309 e. The molecule has 0 spiro atoms. The molecule has 0 saturated heterocycles. The Balaban J connectivity index is 1.30. The van der Waals surface area contributed by atoms with Gasteiger partial charge in [-0.25, -0.2) is 4.98 Å². The van der Waals surface area contributed by atoms with Crippen molar-refractivity contribution in [3.05, 3.63) is 193 Å². The van der Waals surface area contributed by atoms with E-state index >= 15 is 0 Å². The summed E-state index contributed by atoms with van der Waals surface area (Å²) in [6.45, 7) is 4.69. The van der Waals surface area contributed by atoms with Gasteiger partial charge in [0, 0.05) is 38.6 Å². The summed E-state index contributed by atoms with van der Waals surface area (Å²) in [5, 5.41) is 12.1. The predicted molar refractivity (Wildman–Crippen MR) is 223 cm³/mol. The number of nitrogens with zero attached hydrogens (tertiary/aromatic N) is 3. The van der Waals surface area contributed by atoms with Crippen LogP contribution in [0.15, 0.2) is 176 Å². The molecule has 10 rings (SSSR count). The number of para-hydroxylation sites is 1. The molecule has 3 nitrogen and oxygen atoms in total. The standard InChI is InChI=1S/C51H35N3/c1-51(2)44-19-11-9-18-43(44)49-45(51)26-25-42-41-17-10-12-20-48(41)54(50(42)49)40-28-37(35-23-21-33(32-52)22-24-35)27-39(29-40)47-31-38(34-13-5-3-6-14-34)30-46(53-47)36-15-7-4-8-16-36/h3-31H,1-2H3. The summed E-state index contributed by atoms with van der Waals surface area (Å²) < 4.78 is 2.47. The van der Waals surface area contributed by atoms with Gasteiger partial charge in [0.05, 0.1) is 34.1 Å². The van der Waals surface area contributed by atoms with E-state index in [1.54, 1.807) is 0 Å². The number of rotatable bonds is 5. The fourth-order valence-electron chi connectivity index (χ4n) is 8.54. The maximum Gasteiger partial charge on any atom is 0.0991 e. The third kappa shape index (κ3) is 4.99. The minimum absolute atomic E-state index is 0.132. The number of nitriles is 1. The highest BCUT2D eigenvalue weighted by Crippen LogP contribution is 2.53. The third-order valence-electron chi connectivity index (χ3n) is 11.2. The van der Waals surface area contributed by atoms with Crippen LogP contribution in [0.25, 0.3) is 83.4 Å². The largest absolute Gasteiger partial charge is 0.309 e. The highest BCUT2D eigenvalue weighted by Gasteiger charge is 2.37. The zero-order chi connectivity index (χ0) is 36.4. The van der Waals surface area contributed by atoms with Crippen LogP contribution in [0.4, 0.5) is 0 Å². The molecule has 0 atom stereocenters. The number of hydrogen-bond acceptors (Lipinski definition) is 2. The molecule has 1 aliphatic rings. The first-order valence-corrected chi connectivity index (χ1v) is 18.4. The molecule has 9 aromatic rings. The molecule has 2 heterocycles. The second-order valence-electron chi connectivity index (χ2n) is 14.7. The van der Waals surface area contributed by atoms with Gasteiger partial charge in [-0.1, -0.05) is 141 Å². The summed E-state index contributed by atoms with van der Waals surface area (Å²) in [5.41, 5.74) is 17.5. The number of fused-ring (bicyclic) bond motifs is 7. The topological polar surface area (TPSA) is 41.6 Å². The van der Waals surface area contributed by atoms with Crippen molar-refractivity contribution in [1.29, 1.82) is 5.26 Å². The normalized spacial score (nSPS) is 12.8. The van der Waals surface area contributed by atoms with Gasteiger partial charge < -0.3 is 4.57 Å². The molecule has 0 fully saturated rings. The van der Waals surface area contributed by atoms with Gasteiger partial charge in [-0.3, -0.25) is 0 Å². The zero-order valence-corrected chi connectivity index (χ0v) is 30.1. The van der Waals surface area contributed by atoms with E-state index in [0.717, 1.165) is 56.0 Å². The maximum absolute atomic E-state index is 9.62. The predicted octanol–water partition coefficient (Wildman–Crippen LogP) is 13.0.